The van der Waals surface area contributed by atoms with E-state index < -0.39 is 0 Å². The lowest BCUT2D eigenvalue weighted by Crippen LogP contribution is -2.22. The van der Waals surface area contributed by atoms with Gasteiger partial charge in [0.15, 0.2) is 0 Å². The van der Waals surface area contributed by atoms with Crippen LogP contribution in [0.15, 0.2) is 41.1 Å². The Labute approximate surface area is 116 Å². The quantitative estimate of drug-likeness (QED) is 0.920. The van der Waals surface area contributed by atoms with Gasteiger partial charge in [-0.1, -0.05) is 34.1 Å². The third kappa shape index (κ3) is 3.21. The first-order valence-corrected chi connectivity index (χ1v) is 6.92. The number of imidazole rings is 1. The molecule has 0 aliphatic carbocycles. The fraction of sp³-hybridized carbons (Fsp3) is 0.357. The molecule has 0 saturated carbocycles. The van der Waals surface area contributed by atoms with Crippen molar-refractivity contribution in [2.75, 3.05) is 6.54 Å². The minimum Gasteiger partial charge on any atom is -0.338 e. The highest BCUT2D eigenvalue weighted by Gasteiger charge is 2.08. The van der Waals surface area contributed by atoms with Crippen LogP contribution in [0, 0.1) is 0 Å². The smallest absolute Gasteiger partial charge is 0.109 e. The first kappa shape index (κ1) is 13.3. The molecule has 0 spiro atoms. The predicted octanol–water partition coefficient (Wildman–Crippen LogP) is 3.08. The summed E-state index contributed by atoms with van der Waals surface area (Å²) in [5.74, 6) is 1.11. The molecule has 1 aromatic heterocycles. The maximum atomic E-state index is 4.32. The Balaban J connectivity index is 1.87. The average Bonchev–Trinajstić information content (AvgIpc) is 2.75. The van der Waals surface area contributed by atoms with Crippen molar-refractivity contribution in [1.82, 2.24) is 14.9 Å². The van der Waals surface area contributed by atoms with Gasteiger partial charge in [-0.05, 0) is 18.6 Å². The van der Waals surface area contributed by atoms with Gasteiger partial charge in [0.05, 0.1) is 0 Å². The summed E-state index contributed by atoms with van der Waals surface area (Å²) in [6, 6.07) is 8.65. The SMILES string of the molecule is CC(NCCc1nccn1C)c1ccccc1Br. The van der Waals surface area contributed by atoms with Crippen LogP contribution in [0.4, 0.5) is 0 Å². The van der Waals surface area contributed by atoms with E-state index in [-0.39, 0.29) is 0 Å². The number of nitrogens with one attached hydrogen (secondary N) is 1. The van der Waals surface area contributed by atoms with Crippen molar-refractivity contribution in [2.45, 2.75) is 19.4 Å². The standard InChI is InChI=1S/C14H18BrN3/c1-11(12-5-3-4-6-13(12)15)16-8-7-14-17-9-10-18(14)2/h3-6,9-11,16H,7-8H2,1-2H3. The van der Waals surface area contributed by atoms with Gasteiger partial charge in [0.25, 0.3) is 0 Å². The maximum absolute atomic E-state index is 4.32. The molecule has 1 aromatic carbocycles. The molecule has 1 atom stereocenters. The first-order valence-electron chi connectivity index (χ1n) is 6.12. The van der Waals surface area contributed by atoms with E-state index in [1.54, 1.807) is 0 Å². The zero-order chi connectivity index (χ0) is 13.0. The number of hydrogen-bond donors (Lipinski definition) is 1. The summed E-state index contributed by atoms with van der Waals surface area (Å²) >= 11 is 3.58. The molecule has 4 heteroatoms. The van der Waals surface area contributed by atoms with E-state index >= 15 is 0 Å². The molecule has 2 aromatic rings. The van der Waals surface area contributed by atoms with Gasteiger partial charge in [0.2, 0.25) is 0 Å². The van der Waals surface area contributed by atoms with Crippen LogP contribution < -0.4 is 5.32 Å². The summed E-state index contributed by atoms with van der Waals surface area (Å²) in [7, 11) is 2.03. The fourth-order valence-electron chi connectivity index (χ4n) is 1.97. The van der Waals surface area contributed by atoms with Gasteiger partial charge < -0.3 is 9.88 Å². The van der Waals surface area contributed by atoms with Gasteiger partial charge in [0, 0.05) is 42.9 Å². The van der Waals surface area contributed by atoms with E-state index in [1.165, 1.54) is 5.56 Å². The number of rotatable bonds is 5. The first-order chi connectivity index (χ1) is 8.68. The van der Waals surface area contributed by atoms with Crippen molar-refractivity contribution < 1.29 is 0 Å². The van der Waals surface area contributed by atoms with E-state index in [2.05, 4.69) is 55.9 Å². The van der Waals surface area contributed by atoms with E-state index in [9.17, 15) is 0 Å². The minimum atomic E-state index is 0.334. The molecule has 3 nitrogen and oxygen atoms in total. The van der Waals surface area contributed by atoms with Crippen LogP contribution >= 0.6 is 15.9 Å². The second-order valence-electron chi connectivity index (χ2n) is 4.40. The molecular formula is C14H18BrN3. The highest BCUT2D eigenvalue weighted by molar-refractivity contribution is 9.10. The largest absolute Gasteiger partial charge is 0.338 e. The molecule has 0 bridgehead atoms. The van der Waals surface area contributed by atoms with E-state index in [0.717, 1.165) is 23.3 Å². The fourth-order valence-corrected chi connectivity index (χ4v) is 2.60. The molecule has 1 unspecified atom stereocenters. The normalized spacial score (nSPS) is 12.6. The zero-order valence-electron chi connectivity index (χ0n) is 10.7. The van der Waals surface area contributed by atoms with Crippen molar-refractivity contribution in [1.29, 1.82) is 0 Å². The second-order valence-corrected chi connectivity index (χ2v) is 5.26. The van der Waals surface area contributed by atoms with Crippen LogP contribution in [0.5, 0.6) is 0 Å². The molecule has 0 aliphatic heterocycles. The summed E-state index contributed by atoms with van der Waals surface area (Å²) < 4.78 is 3.21. The molecular weight excluding hydrogens is 290 g/mol. The number of aromatic nitrogens is 2. The van der Waals surface area contributed by atoms with Crippen LogP contribution in [-0.2, 0) is 13.5 Å². The molecule has 0 fully saturated rings. The summed E-state index contributed by atoms with van der Waals surface area (Å²) in [5, 5.41) is 3.52. The van der Waals surface area contributed by atoms with Crippen molar-refractivity contribution in [3.63, 3.8) is 0 Å². The van der Waals surface area contributed by atoms with E-state index in [4.69, 9.17) is 0 Å². The Morgan fingerprint density at radius 1 is 1.39 bits per heavy atom. The molecule has 0 aliphatic rings. The van der Waals surface area contributed by atoms with Crippen LogP contribution in [-0.4, -0.2) is 16.1 Å². The Hall–Kier alpha value is -1.13. The third-order valence-corrected chi connectivity index (χ3v) is 3.81. The molecule has 96 valence electrons. The summed E-state index contributed by atoms with van der Waals surface area (Å²) in [6.07, 6.45) is 4.76. The summed E-state index contributed by atoms with van der Waals surface area (Å²) in [5.41, 5.74) is 1.29. The highest BCUT2D eigenvalue weighted by Crippen LogP contribution is 2.22. The van der Waals surface area contributed by atoms with Crippen molar-refractivity contribution >= 4 is 15.9 Å². The van der Waals surface area contributed by atoms with Gasteiger partial charge in [-0.25, -0.2) is 4.98 Å². The minimum absolute atomic E-state index is 0.334. The Morgan fingerprint density at radius 3 is 2.83 bits per heavy atom. The van der Waals surface area contributed by atoms with Gasteiger partial charge in [-0.3, -0.25) is 0 Å². The van der Waals surface area contributed by atoms with Crippen molar-refractivity contribution in [2.24, 2.45) is 7.05 Å². The van der Waals surface area contributed by atoms with E-state index in [1.807, 2.05) is 25.5 Å². The molecule has 0 amide bonds. The molecule has 2 rings (SSSR count). The predicted molar refractivity (Wildman–Crippen MR) is 77.5 cm³/mol. The van der Waals surface area contributed by atoms with Gasteiger partial charge >= 0.3 is 0 Å². The maximum Gasteiger partial charge on any atom is 0.109 e. The zero-order valence-corrected chi connectivity index (χ0v) is 12.3. The van der Waals surface area contributed by atoms with Gasteiger partial charge in [-0.2, -0.15) is 0 Å². The highest BCUT2D eigenvalue weighted by atomic mass is 79.9. The number of aryl methyl sites for hydroxylation is 1. The van der Waals surface area contributed by atoms with Gasteiger partial charge in [-0.15, -0.1) is 0 Å². The molecule has 0 radical (unpaired) electrons. The van der Waals surface area contributed by atoms with Crippen molar-refractivity contribution in [3.8, 4) is 0 Å². The lowest BCUT2D eigenvalue weighted by molar-refractivity contribution is 0.563. The van der Waals surface area contributed by atoms with Crippen LogP contribution in [0.3, 0.4) is 0 Å². The van der Waals surface area contributed by atoms with E-state index in [0.29, 0.717) is 6.04 Å². The van der Waals surface area contributed by atoms with Crippen molar-refractivity contribution in [3.05, 3.63) is 52.5 Å². The third-order valence-electron chi connectivity index (χ3n) is 3.09. The van der Waals surface area contributed by atoms with Crippen LogP contribution in [0.1, 0.15) is 24.4 Å². The summed E-state index contributed by atoms with van der Waals surface area (Å²) in [4.78, 5) is 4.32. The number of halogens is 1. The molecule has 18 heavy (non-hydrogen) atoms. The molecule has 1 N–H and O–H groups in total. The van der Waals surface area contributed by atoms with Crippen LogP contribution in [0.2, 0.25) is 0 Å². The topological polar surface area (TPSA) is 29.9 Å². The molecule has 0 saturated heterocycles. The average molecular weight is 308 g/mol. The van der Waals surface area contributed by atoms with Crippen LogP contribution in [0.25, 0.3) is 0 Å². The van der Waals surface area contributed by atoms with Gasteiger partial charge in [0.1, 0.15) is 5.82 Å². The number of benzene rings is 1. The number of nitrogens with zero attached hydrogens (tertiary/aromatic N) is 2. The Bertz CT molecular complexity index is 507. The lowest BCUT2D eigenvalue weighted by Gasteiger charge is -2.15. The molecule has 1 heterocycles. The Morgan fingerprint density at radius 2 is 2.17 bits per heavy atom. The number of hydrogen-bond acceptors (Lipinski definition) is 2. The second kappa shape index (κ2) is 6.16. The Kier molecular flexibility index (Phi) is 4.55. The monoisotopic (exact) mass is 307 g/mol. The lowest BCUT2D eigenvalue weighted by atomic mass is 10.1. The summed E-state index contributed by atoms with van der Waals surface area (Å²) in [6.45, 7) is 3.10.